The van der Waals surface area contributed by atoms with Crippen molar-refractivity contribution in [3.05, 3.63) is 30.1 Å². The van der Waals surface area contributed by atoms with Crippen LogP contribution in [0.1, 0.15) is 18.8 Å². The molecule has 9 heteroatoms. The number of H-pyrrole nitrogens is 1. The quantitative estimate of drug-likeness (QED) is 0.717. The van der Waals surface area contributed by atoms with E-state index in [4.69, 9.17) is 5.14 Å². The molecule has 0 fully saturated rings. The second kappa shape index (κ2) is 4.70. The summed E-state index contributed by atoms with van der Waals surface area (Å²) in [5.41, 5.74) is 0.736. The van der Waals surface area contributed by atoms with Gasteiger partial charge in [-0.3, -0.25) is 0 Å². The van der Waals surface area contributed by atoms with Crippen molar-refractivity contribution in [3.63, 3.8) is 0 Å². The molecule has 1 atom stereocenters. The van der Waals surface area contributed by atoms with Gasteiger partial charge in [0.15, 0.2) is 5.82 Å². The first-order chi connectivity index (χ1) is 8.47. The largest absolute Gasteiger partial charge is 0.375 e. The maximum Gasteiger partial charge on any atom is 0.238 e. The van der Waals surface area contributed by atoms with Gasteiger partial charge in [-0.1, -0.05) is 5.21 Å². The van der Waals surface area contributed by atoms with Gasteiger partial charge in [0, 0.05) is 5.69 Å². The third-order valence-electron chi connectivity index (χ3n) is 2.32. The Bertz CT molecular complexity index is 607. The lowest BCUT2D eigenvalue weighted by Gasteiger charge is -2.11. The van der Waals surface area contributed by atoms with Crippen LogP contribution in [0.2, 0.25) is 0 Å². The molecule has 96 valence electrons. The van der Waals surface area contributed by atoms with Crippen LogP contribution in [0.4, 0.5) is 5.69 Å². The van der Waals surface area contributed by atoms with Gasteiger partial charge in [0.25, 0.3) is 0 Å². The van der Waals surface area contributed by atoms with Crippen LogP contribution in [0.15, 0.2) is 29.2 Å². The standard InChI is InChI=1S/C9H12N6O2S/c1-6(9-12-14-15-13-9)11-7-2-4-8(5-3-7)18(10,16)17/h2-6,11H,1H3,(H2,10,16,17)(H,12,13,14,15). The number of hydrogen-bond donors (Lipinski definition) is 3. The van der Waals surface area contributed by atoms with E-state index < -0.39 is 10.0 Å². The van der Waals surface area contributed by atoms with Crippen molar-refractivity contribution in [2.24, 2.45) is 5.14 Å². The number of tetrazole rings is 1. The summed E-state index contributed by atoms with van der Waals surface area (Å²) in [4.78, 5) is 0.0697. The van der Waals surface area contributed by atoms with Gasteiger partial charge in [-0.15, -0.1) is 10.2 Å². The normalized spacial score (nSPS) is 13.2. The summed E-state index contributed by atoms with van der Waals surface area (Å²) in [6, 6.07) is 5.96. The van der Waals surface area contributed by atoms with Crippen molar-refractivity contribution in [1.29, 1.82) is 0 Å². The number of sulfonamides is 1. The number of anilines is 1. The maximum atomic E-state index is 11.1. The van der Waals surface area contributed by atoms with Gasteiger partial charge in [-0.05, 0) is 31.2 Å². The highest BCUT2D eigenvalue weighted by atomic mass is 32.2. The zero-order chi connectivity index (χ0) is 13.2. The van der Waals surface area contributed by atoms with Crippen LogP contribution in [0.25, 0.3) is 0 Å². The number of nitrogens with zero attached hydrogens (tertiary/aromatic N) is 3. The van der Waals surface area contributed by atoms with E-state index in [9.17, 15) is 8.42 Å². The highest BCUT2D eigenvalue weighted by molar-refractivity contribution is 7.89. The van der Waals surface area contributed by atoms with Gasteiger partial charge >= 0.3 is 0 Å². The second-order valence-electron chi connectivity index (χ2n) is 3.71. The topological polar surface area (TPSA) is 127 Å². The van der Waals surface area contributed by atoms with Gasteiger partial charge in [0.2, 0.25) is 10.0 Å². The van der Waals surface area contributed by atoms with E-state index >= 15 is 0 Å². The fraction of sp³-hybridized carbons (Fsp3) is 0.222. The molecule has 0 spiro atoms. The summed E-state index contributed by atoms with van der Waals surface area (Å²) in [5, 5.41) is 21.6. The summed E-state index contributed by atoms with van der Waals surface area (Å²) >= 11 is 0. The van der Waals surface area contributed by atoms with Crippen molar-refractivity contribution >= 4 is 15.7 Å². The summed E-state index contributed by atoms with van der Waals surface area (Å²) in [7, 11) is -3.66. The van der Waals surface area contributed by atoms with Gasteiger partial charge in [0.1, 0.15) is 0 Å². The van der Waals surface area contributed by atoms with E-state index in [-0.39, 0.29) is 10.9 Å². The number of nitrogens with two attached hydrogens (primary N) is 1. The lowest BCUT2D eigenvalue weighted by atomic mass is 10.2. The number of benzene rings is 1. The Labute approximate surface area is 104 Å². The highest BCUT2D eigenvalue weighted by Gasteiger charge is 2.11. The molecule has 1 aromatic heterocycles. The van der Waals surface area contributed by atoms with Gasteiger partial charge < -0.3 is 5.32 Å². The molecule has 2 aromatic rings. The first-order valence-electron chi connectivity index (χ1n) is 5.09. The third-order valence-corrected chi connectivity index (χ3v) is 3.24. The number of nitrogens with one attached hydrogen (secondary N) is 2. The fourth-order valence-electron chi connectivity index (χ4n) is 1.41. The molecule has 4 N–H and O–H groups in total. The molecule has 0 bridgehead atoms. The minimum absolute atomic E-state index is 0.0697. The Balaban J connectivity index is 2.12. The number of rotatable bonds is 4. The van der Waals surface area contributed by atoms with Crippen LogP contribution in [-0.2, 0) is 10.0 Å². The number of aromatic amines is 1. The van der Waals surface area contributed by atoms with Crippen LogP contribution in [0.5, 0.6) is 0 Å². The lowest BCUT2D eigenvalue weighted by Crippen LogP contribution is -2.12. The van der Waals surface area contributed by atoms with Gasteiger partial charge in [0.05, 0.1) is 10.9 Å². The number of hydrogen-bond acceptors (Lipinski definition) is 6. The highest BCUT2D eigenvalue weighted by Crippen LogP contribution is 2.17. The Hall–Kier alpha value is -2.00. The number of primary sulfonamides is 1. The molecule has 0 saturated heterocycles. The predicted molar refractivity (Wildman–Crippen MR) is 64.0 cm³/mol. The van der Waals surface area contributed by atoms with Crippen molar-refractivity contribution in [2.45, 2.75) is 17.9 Å². The van der Waals surface area contributed by atoms with E-state index in [1.54, 1.807) is 12.1 Å². The second-order valence-corrected chi connectivity index (χ2v) is 5.27. The fourth-order valence-corrected chi connectivity index (χ4v) is 1.92. The van der Waals surface area contributed by atoms with Crippen LogP contribution in [0, 0.1) is 0 Å². The molecule has 0 radical (unpaired) electrons. The maximum absolute atomic E-state index is 11.1. The summed E-state index contributed by atoms with van der Waals surface area (Å²) in [5.74, 6) is 0.519. The number of aromatic nitrogens is 4. The van der Waals surface area contributed by atoms with Crippen LogP contribution >= 0.6 is 0 Å². The molecule has 0 aliphatic rings. The zero-order valence-electron chi connectivity index (χ0n) is 9.53. The van der Waals surface area contributed by atoms with E-state index in [2.05, 4.69) is 25.9 Å². The minimum atomic E-state index is -3.66. The van der Waals surface area contributed by atoms with Crippen LogP contribution in [0.3, 0.4) is 0 Å². The zero-order valence-corrected chi connectivity index (χ0v) is 10.3. The van der Waals surface area contributed by atoms with E-state index in [1.165, 1.54) is 12.1 Å². The van der Waals surface area contributed by atoms with Crippen molar-refractivity contribution in [2.75, 3.05) is 5.32 Å². The van der Waals surface area contributed by atoms with Gasteiger partial charge in [-0.25, -0.2) is 13.6 Å². The van der Waals surface area contributed by atoms with E-state index in [0.717, 1.165) is 5.69 Å². The monoisotopic (exact) mass is 268 g/mol. The lowest BCUT2D eigenvalue weighted by molar-refractivity contribution is 0.598. The first kappa shape index (κ1) is 12.5. The molecule has 0 saturated carbocycles. The van der Waals surface area contributed by atoms with Crippen molar-refractivity contribution in [3.8, 4) is 0 Å². The third kappa shape index (κ3) is 2.81. The summed E-state index contributed by atoms with van der Waals surface area (Å²) in [6.45, 7) is 1.86. The molecule has 1 aromatic carbocycles. The van der Waals surface area contributed by atoms with Crippen molar-refractivity contribution < 1.29 is 8.42 Å². The van der Waals surface area contributed by atoms with Crippen molar-refractivity contribution in [1.82, 2.24) is 20.6 Å². The molecule has 1 unspecified atom stereocenters. The average Bonchev–Trinajstić information content (AvgIpc) is 2.82. The molecule has 2 rings (SSSR count). The SMILES string of the molecule is CC(Nc1ccc(S(N)(=O)=O)cc1)c1nn[nH]n1. The molecule has 0 aliphatic carbocycles. The predicted octanol–water partition coefficient (Wildman–Crippen LogP) is 0.0202. The van der Waals surface area contributed by atoms with E-state index in [0.29, 0.717) is 5.82 Å². The average molecular weight is 268 g/mol. The first-order valence-corrected chi connectivity index (χ1v) is 6.64. The van der Waals surface area contributed by atoms with Crippen LogP contribution in [-0.4, -0.2) is 29.0 Å². The summed E-state index contributed by atoms with van der Waals surface area (Å²) in [6.07, 6.45) is 0. The molecule has 8 nitrogen and oxygen atoms in total. The Morgan fingerprint density at radius 3 is 2.50 bits per heavy atom. The van der Waals surface area contributed by atoms with E-state index in [1.807, 2.05) is 6.92 Å². The Morgan fingerprint density at radius 1 is 1.33 bits per heavy atom. The molecule has 0 aliphatic heterocycles. The minimum Gasteiger partial charge on any atom is -0.375 e. The smallest absolute Gasteiger partial charge is 0.238 e. The molecule has 0 amide bonds. The molecular weight excluding hydrogens is 256 g/mol. The Kier molecular flexibility index (Phi) is 3.26. The molecular formula is C9H12N6O2S. The van der Waals surface area contributed by atoms with Crippen LogP contribution < -0.4 is 10.5 Å². The summed E-state index contributed by atoms with van der Waals surface area (Å²) < 4.78 is 22.2. The molecule has 18 heavy (non-hydrogen) atoms. The van der Waals surface area contributed by atoms with Gasteiger partial charge in [-0.2, -0.15) is 5.21 Å². The molecule has 1 heterocycles. The Morgan fingerprint density at radius 2 is 2.00 bits per heavy atom.